The van der Waals surface area contributed by atoms with E-state index in [4.69, 9.17) is 4.74 Å². The van der Waals surface area contributed by atoms with E-state index >= 15 is 0 Å². The first-order chi connectivity index (χ1) is 7.20. The third kappa shape index (κ3) is 2.51. The van der Waals surface area contributed by atoms with Crippen molar-refractivity contribution in [2.24, 2.45) is 0 Å². The highest BCUT2D eigenvalue weighted by Crippen LogP contribution is 2.24. The highest BCUT2D eigenvalue weighted by molar-refractivity contribution is 5.41. The van der Waals surface area contributed by atoms with Gasteiger partial charge in [-0.1, -0.05) is 6.07 Å². The molecule has 82 valence electrons. The first kappa shape index (κ1) is 10.5. The molecule has 15 heavy (non-hydrogen) atoms. The second kappa shape index (κ2) is 4.23. The summed E-state index contributed by atoms with van der Waals surface area (Å²) in [5, 5.41) is 3.54. The minimum absolute atomic E-state index is 0.770. The summed E-state index contributed by atoms with van der Waals surface area (Å²) >= 11 is 0. The lowest BCUT2D eigenvalue weighted by molar-refractivity contribution is 0.411. The molecule has 1 aromatic carbocycles. The fraction of sp³-hybridized carbons (Fsp3) is 0.538. The maximum atomic E-state index is 5.30. The van der Waals surface area contributed by atoms with Gasteiger partial charge in [0.05, 0.1) is 7.11 Å². The predicted octanol–water partition coefficient (Wildman–Crippen LogP) is 2.56. The summed E-state index contributed by atoms with van der Waals surface area (Å²) in [6, 6.07) is 5.12. The van der Waals surface area contributed by atoms with Crippen molar-refractivity contribution in [1.29, 1.82) is 0 Å². The van der Waals surface area contributed by atoms with Crippen LogP contribution >= 0.6 is 0 Å². The Kier molecular flexibility index (Phi) is 2.96. The molecule has 1 aliphatic carbocycles. The second-order valence-corrected chi connectivity index (χ2v) is 4.40. The molecule has 1 aliphatic rings. The van der Waals surface area contributed by atoms with Gasteiger partial charge in [-0.2, -0.15) is 0 Å². The Balaban J connectivity index is 2.11. The molecule has 2 heteroatoms. The quantitative estimate of drug-likeness (QED) is 0.815. The van der Waals surface area contributed by atoms with Crippen molar-refractivity contribution >= 4 is 0 Å². The van der Waals surface area contributed by atoms with Crippen molar-refractivity contribution in [2.75, 3.05) is 7.11 Å². The Bertz CT molecular complexity index is 356. The standard InChI is InChI=1S/C13H19NO/c1-9-7-13(15-3)10(2)6-11(9)8-14-12-4-5-12/h6-7,12,14H,4-5,8H2,1-3H3. The first-order valence-corrected chi connectivity index (χ1v) is 5.58. The number of hydrogen-bond acceptors (Lipinski definition) is 2. The minimum atomic E-state index is 0.770. The molecular formula is C13H19NO. The van der Waals surface area contributed by atoms with E-state index in [1.165, 1.54) is 29.5 Å². The highest BCUT2D eigenvalue weighted by atomic mass is 16.5. The number of rotatable bonds is 4. The number of nitrogens with one attached hydrogen (secondary N) is 1. The van der Waals surface area contributed by atoms with Crippen molar-refractivity contribution in [3.8, 4) is 5.75 Å². The van der Waals surface area contributed by atoms with Gasteiger partial charge in [-0.25, -0.2) is 0 Å². The van der Waals surface area contributed by atoms with Gasteiger partial charge in [-0.15, -0.1) is 0 Å². The van der Waals surface area contributed by atoms with E-state index < -0.39 is 0 Å². The third-order valence-electron chi connectivity index (χ3n) is 3.01. The molecule has 0 unspecified atom stereocenters. The predicted molar refractivity (Wildman–Crippen MR) is 62.3 cm³/mol. The number of benzene rings is 1. The average molecular weight is 205 g/mol. The maximum Gasteiger partial charge on any atom is 0.122 e. The van der Waals surface area contributed by atoms with Crippen LogP contribution in [0.3, 0.4) is 0 Å². The Morgan fingerprint density at radius 2 is 2.00 bits per heavy atom. The van der Waals surface area contributed by atoms with Gasteiger partial charge in [0.25, 0.3) is 0 Å². The lowest BCUT2D eigenvalue weighted by atomic mass is 10.0. The topological polar surface area (TPSA) is 21.3 Å². The molecule has 2 rings (SSSR count). The summed E-state index contributed by atoms with van der Waals surface area (Å²) in [4.78, 5) is 0. The van der Waals surface area contributed by atoms with Gasteiger partial charge in [0.2, 0.25) is 0 Å². The summed E-state index contributed by atoms with van der Waals surface area (Å²) in [5.41, 5.74) is 3.92. The first-order valence-electron chi connectivity index (χ1n) is 5.58. The molecule has 2 nitrogen and oxygen atoms in total. The van der Waals surface area contributed by atoms with E-state index in [1.807, 2.05) is 0 Å². The number of hydrogen-bond donors (Lipinski definition) is 1. The second-order valence-electron chi connectivity index (χ2n) is 4.40. The normalized spacial score (nSPS) is 15.4. The molecule has 1 aromatic rings. The van der Waals surface area contributed by atoms with E-state index in [0.29, 0.717) is 0 Å². The average Bonchev–Trinajstić information content (AvgIpc) is 3.02. The van der Waals surface area contributed by atoms with Crippen molar-refractivity contribution < 1.29 is 4.74 Å². The van der Waals surface area contributed by atoms with E-state index in [2.05, 4.69) is 31.3 Å². The number of methoxy groups -OCH3 is 1. The summed E-state index contributed by atoms with van der Waals surface area (Å²) < 4.78 is 5.30. The Morgan fingerprint density at radius 3 is 2.60 bits per heavy atom. The number of ether oxygens (including phenoxy) is 1. The molecule has 0 bridgehead atoms. The summed E-state index contributed by atoms with van der Waals surface area (Å²) in [6.07, 6.45) is 2.68. The lowest BCUT2D eigenvalue weighted by Gasteiger charge is -2.11. The van der Waals surface area contributed by atoms with Gasteiger partial charge in [-0.05, 0) is 49.4 Å². The van der Waals surface area contributed by atoms with Gasteiger partial charge >= 0.3 is 0 Å². The lowest BCUT2D eigenvalue weighted by Crippen LogP contribution is -2.16. The zero-order chi connectivity index (χ0) is 10.8. The van der Waals surface area contributed by atoms with Crippen LogP contribution < -0.4 is 10.1 Å². The Hall–Kier alpha value is -1.02. The van der Waals surface area contributed by atoms with Crippen LogP contribution in [-0.4, -0.2) is 13.2 Å². The molecule has 1 saturated carbocycles. The van der Waals surface area contributed by atoms with Gasteiger partial charge in [0.15, 0.2) is 0 Å². The van der Waals surface area contributed by atoms with Crippen LogP contribution in [0.15, 0.2) is 12.1 Å². The van der Waals surface area contributed by atoms with Crippen LogP contribution in [0.1, 0.15) is 29.5 Å². The molecule has 1 N–H and O–H groups in total. The molecule has 0 spiro atoms. The fourth-order valence-electron chi connectivity index (χ4n) is 1.80. The zero-order valence-electron chi connectivity index (χ0n) is 9.76. The van der Waals surface area contributed by atoms with E-state index in [-0.39, 0.29) is 0 Å². The van der Waals surface area contributed by atoms with Gasteiger partial charge in [-0.3, -0.25) is 0 Å². The van der Waals surface area contributed by atoms with Crippen molar-refractivity contribution in [3.05, 3.63) is 28.8 Å². The maximum absolute atomic E-state index is 5.30. The SMILES string of the molecule is COc1cc(C)c(CNC2CC2)cc1C. The molecule has 0 atom stereocenters. The monoisotopic (exact) mass is 205 g/mol. The molecule has 0 saturated heterocycles. The van der Waals surface area contributed by atoms with Crippen LogP contribution in [0.25, 0.3) is 0 Å². The van der Waals surface area contributed by atoms with E-state index in [9.17, 15) is 0 Å². The van der Waals surface area contributed by atoms with Crippen LogP contribution in [0.4, 0.5) is 0 Å². The number of aryl methyl sites for hydroxylation is 2. The molecule has 0 heterocycles. The largest absolute Gasteiger partial charge is 0.496 e. The Labute approximate surface area is 91.6 Å². The van der Waals surface area contributed by atoms with Crippen molar-refractivity contribution in [2.45, 2.75) is 39.3 Å². The smallest absolute Gasteiger partial charge is 0.122 e. The molecule has 0 radical (unpaired) electrons. The molecular weight excluding hydrogens is 186 g/mol. The van der Waals surface area contributed by atoms with Gasteiger partial charge < -0.3 is 10.1 Å². The van der Waals surface area contributed by atoms with E-state index in [1.54, 1.807) is 7.11 Å². The van der Waals surface area contributed by atoms with Crippen molar-refractivity contribution in [3.63, 3.8) is 0 Å². The molecule has 0 amide bonds. The summed E-state index contributed by atoms with van der Waals surface area (Å²) in [5.74, 6) is 0.989. The zero-order valence-corrected chi connectivity index (χ0v) is 9.76. The van der Waals surface area contributed by atoms with E-state index in [0.717, 1.165) is 18.3 Å². The van der Waals surface area contributed by atoms with Crippen LogP contribution in [-0.2, 0) is 6.54 Å². The summed E-state index contributed by atoms with van der Waals surface area (Å²) in [7, 11) is 1.73. The highest BCUT2D eigenvalue weighted by Gasteiger charge is 2.20. The molecule has 0 aliphatic heterocycles. The molecule has 0 aromatic heterocycles. The van der Waals surface area contributed by atoms with Crippen LogP contribution in [0.2, 0.25) is 0 Å². The molecule has 1 fully saturated rings. The summed E-state index contributed by atoms with van der Waals surface area (Å²) in [6.45, 7) is 5.23. The van der Waals surface area contributed by atoms with Gasteiger partial charge in [0.1, 0.15) is 5.75 Å². The van der Waals surface area contributed by atoms with Crippen molar-refractivity contribution in [1.82, 2.24) is 5.32 Å². The Morgan fingerprint density at radius 1 is 1.27 bits per heavy atom. The third-order valence-corrected chi connectivity index (χ3v) is 3.01. The van der Waals surface area contributed by atoms with Gasteiger partial charge in [0, 0.05) is 12.6 Å². The van der Waals surface area contributed by atoms with Crippen LogP contribution in [0.5, 0.6) is 5.75 Å². The fourth-order valence-corrected chi connectivity index (χ4v) is 1.80. The van der Waals surface area contributed by atoms with Crippen LogP contribution in [0, 0.1) is 13.8 Å². The minimum Gasteiger partial charge on any atom is -0.496 e.